The fourth-order valence-electron chi connectivity index (χ4n) is 1.82. The second-order valence-electron chi connectivity index (χ2n) is 4.62. The van der Waals surface area contributed by atoms with Gasteiger partial charge < -0.3 is 10.4 Å². The molecule has 1 atom stereocenters. The van der Waals surface area contributed by atoms with E-state index >= 15 is 0 Å². The van der Waals surface area contributed by atoms with Gasteiger partial charge in [0.2, 0.25) is 0 Å². The minimum atomic E-state index is -0.981. The lowest BCUT2D eigenvalue weighted by Crippen LogP contribution is -2.33. The van der Waals surface area contributed by atoms with Crippen molar-refractivity contribution in [2.45, 2.75) is 26.7 Å². The Morgan fingerprint density at radius 1 is 1.52 bits per heavy atom. The molecule has 1 aromatic rings. The van der Waals surface area contributed by atoms with E-state index in [0.29, 0.717) is 18.5 Å². The Labute approximate surface area is 121 Å². The molecule has 1 amide bonds. The quantitative estimate of drug-likeness (QED) is 0.581. The predicted octanol–water partition coefficient (Wildman–Crippen LogP) is 1.53. The molecule has 1 unspecified atom stereocenters. The summed E-state index contributed by atoms with van der Waals surface area (Å²) in [5.41, 5.74) is 0.138. The molecule has 0 aliphatic carbocycles. The van der Waals surface area contributed by atoms with Crippen LogP contribution in [0.25, 0.3) is 0 Å². The highest BCUT2D eigenvalue weighted by Crippen LogP contribution is 2.15. The number of carbonyl (C=O) groups excluding carboxylic acids is 1. The number of aryl methyl sites for hydroxylation is 1. The number of nitrogens with zero attached hydrogens (tertiary/aromatic N) is 2. The second-order valence-corrected chi connectivity index (χ2v) is 4.62. The zero-order valence-electron chi connectivity index (χ0n) is 11.8. The van der Waals surface area contributed by atoms with E-state index in [2.05, 4.69) is 10.3 Å². The SMILES string of the molecule is CCCC(CNC(=O)c1cc([N+](=O)[O-])cnc1C)C(=O)O. The van der Waals surface area contributed by atoms with Gasteiger partial charge in [-0.15, -0.1) is 0 Å². The number of aliphatic carboxylic acids is 1. The molecule has 1 rings (SSSR count). The van der Waals surface area contributed by atoms with Gasteiger partial charge in [0.1, 0.15) is 6.20 Å². The summed E-state index contributed by atoms with van der Waals surface area (Å²) in [6, 6.07) is 1.13. The first-order valence-electron chi connectivity index (χ1n) is 6.48. The minimum absolute atomic E-state index is 0.0237. The van der Waals surface area contributed by atoms with Crippen LogP contribution in [0.5, 0.6) is 0 Å². The Bertz CT molecular complexity index is 559. The van der Waals surface area contributed by atoms with E-state index in [1.54, 1.807) is 6.92 Å². The zero-order chi connectivity index (χ0) is 16.0. The topological polar surface area (TPSA) is 122 Å². The molecule has 1 aromatic heterocycles. The monoisotopic (exact) mass is 295 g/mol. The van der Waals surface area contributed by atoms with Gasteiger partial charge in [0.15, 0.2) is 0 Å². The Kier molecular flexibility index (Phi) is 5.77. The maximum Gasteiger partial charge on any atom is 0.308 e. The second kappa shape index (κ2) is 7.32. The summed E-state index contributed by atoms with van der Waals surface area (Å²) < 4.78 is 0. The van der Waals surface area contributed by atoms with Crippen molar-refractivity contribution in [2.75, 3.05) is 6.54 Å². The van der Waals surface area contributed by atoms with Gasteiger partial charge >= 0.3 is 5.97 Å². The first-order chi connectivity index (χ1) is 9.86. The lowest BCUT2D eigenvalue weighted by Gasteiger charge is -2.12. The number of hydrogen-bond donors (Lipinski definition) is 2. The first kappa shape index (κ1) is 16.5. The average Bonchev–Trinajstić information content (AvgIpc) is 2.42. The summed E-state index contributed by atoms with van der Waals surface area (Å²) in [5.74, 6) is -2.22. The Morgan fingerprint density at radius 2 is 2.19 bits per heavy atom. The van der Waals surface area contributed by atoms with Crippen LogP contribution in [-0.2, 0) is 4.79 Å². The van der Waals surface area contributed by atoms with Crippen molar-refractivity contribution in [3.05, 3.63) is 33.6 Å². The molecule has 0 aliphatic rings. The highest BCUT2D eigenvalue weighted by molar-refractivity contribution is 5.95. The summed E-state index contributed by atoms with van der Waals surface area (Å²) in [7, 11) is 0. The van der Waals surface area contributed by atoms with Crippen molar-refractivity contribution >= 4 is 17.6 Å². The molecule has 0 aromatic carbocycles. The van der Waals surface area contributed by atoms with Crippen LogP contribution in [-0.4, -0.2) is 33.4 Å². The van der Waals surface area contributed by atoms with E-state index in [1.807, 2.05) is 6.92 Å². The molecule has 0 spiro atoms. The van der Waals surface area contributed by atoms with Crippen molar-refractivity contribution in [3.63, 3.8) is 0 Å². The highest BCUT2D eigenvalue weighted by Gasteiger charge is 2.20. The summed E-state index contributed by atoms with van der Waals surface area (Å²) in [6.45, 7) is 3.38. The van der Waals surface area contributed by atoms with Gasteiger partial charge in [0, 0.05) is 12.6 Å². The molecule has 0 aliphatic heterocycles. The Hall–Kier alpha value is -2.51. The van der Waals surface area contributed by atoms with Gasteiger partial charge in [0.05, 0.1) is 22.1 Å². The van der Waals surface area contributed by atoms with Crippen LogP contribution < -0.4 is 5.32 Å². The van der Waals surface area contributed by atoms with Gasteiger partial charge in [0.25, 0.3) is 11.6 Å². The number of amides is 1. The van der Waals surface area contributed by atoms with Crippen LogP contribution in [0.2, 0.25) is 0 Å². The number of carboxylic acid groups (broad SMARTS) is 1. The van der Waals surface area contributed by atoms with Crippen LogP contribution in [0, 0.1) is 23.0 Å². The predicted molar refractivity (Wildman–Crippen MR) is 74.0 cm³/mol. The molecule has 8 nitrogen and oxygen atoms in total. The van der Waals surface area contributed by atoms with Gasteiger partial charge in [-0.3, -0.25) is 24.7 Å². The van der Waals surface area contributed by atoms with Crippen molar-refractivity contribution in [3.8, 4) is 0 Å². The molecule has 1 heterocycles. The number of pyridine rings is 1. The fourth-order valence-corrected chi connectivity index (χ4v) is 1.82. The molecule has 8 heteroatoms. The standard InChI is InChI=1S/C13H17N3O5/c1-3-4-9(13(18)19)6-15-12(17)11-5-10(16(20)21)7-14-8(11)2/h5,7,9H,3-4,6H2,1-2H3,(H,15,17)(H,18,19). The Morgan fingerprint density at radius 3 is 2.71 bits per heavy atom. The molecule has 0 saturated heterocycles. The Balaban J connectivity index is 2.82. The number of rotatable bonds is 7. The van der Waals surface area contributed by atoms with Gasteiger partial charge in [-0.2, -0.15) is 0 Å². The number of aromatic nitrogens is 1. The summed E-state index contributed by atoms with van der Waals surface area (Å²) in [5, 5.41) is 22.2. The number of nitrogens with one attached hydrogen (secondary N) is 1. The molecule has 0 radical (unpaired) electrons. The van der Waals surface area contributed by atoms with E-state index < -0.39 is 22.7 Å². The summed E-state index contributed by atoms with van der Waals surface area (Å²) >= 11 is 0. The summed E-state index contributed by atoms with van der Waals surface area (Å²) in [4.78, 5) is 36.8. The van der Waals surface area contributed by atoms with Crippen molar-refractivity contribution in [2.24, 2.45) is 5.92 Å². The third kappa shape index (κ3) is 4.51. The lowest BCUT2D eigenvalue weighted by molar-refractivity contribution is -0.385. The zero-order valence-corrected chi connectivity index (χ0v) is 11.8. The normalized spacial score (nSPS) is 11.7. The van der Waals surface area contributed by atoms with Gasteiger partial charge in [-0.25, -0.2) is 0 Å². The van der Waals surface area contributed by atoms with Crippen LogP contribution in [0.4, 0.5) is 5.69 Å². The third-order valence-corrected chi connectivity index (χ3v) is 3.02. The molecule has 0 bridgehead atoms. The van der Waals surface area contributed by atoms with E-state index in [4.69, 9.17) is 5.11 Å². The molecule has 2 N–H and O–H groups in total. The van der Waals surface area contributed by atoms with Crippen molar-refractivity contribution in [1.82, 2.24) is 10.3 Å². The van der Waals surface area contributed by atoms with E-state index in [1.165, 1.54) is 0 Å². The fraction of sp³-hybridized carbons (Fsp3) is 0.462. The number of nitro groups is 1. The van der Waals surface area contributed by atoms with E-state index in [9.17, 15) is 19.7 Å². The molecule has 0 saturated carbocycles. The van der Waals surface area contributed by atoms with Crippen LogP contribution in [0.3, 0.4) is 0 Å². The molecule has 114 valence electrons. The van der Waals surface area contributed by atoms with Crippen LogP contribution >= 0.6 is 0 Å². The maximum atomic E-state index is 12.0. The molecule has 0 fully saturated rings. The number of hydrogen-bond acceptors (Lipinski definition) is 5. The van der Waals surface area contributed by atoms with Crippen LogP contribution in [0.15, 0.2) is 12.3 Å². The van der Waals surface area contributed by atoms with Crippen molar-refractivity contribution in [1.29, 1.82) is 0 Å². The highest BCUT2D eigenvalue weighted by atomic mass is 16.6. The number of carboxylic acids is 1. The third-order valence-electron chi connectivity index (χ3n) is 3.02. The number of carbonyl (C=O) groups is 2. The maximum absolute atomic E-state index is 12.0. The minimum Gasteiger partial charge on any atom is -0.481 e. The molecular weight excluding hydrogens is 278 g/mol. The average molecular weight is 295 g/mol. The lowest BCUT2D eigenvalue weighted by atomic mass is 10.0. The smallest absolute Gasteiger partial charge is 0.308 e. The van der Waals surface area contributed by atoms with Gasteiger partial charge in [-0.05, 0) is 13.3 Å². The molecule has 21 heavy (non-hydrogen) atoms. The van der Waals surface area contributed by atoms with Crippen LogP contribution in [0.1, 0.15) is 35.8 Å². The van der Waals surface area contributed by atoms with Gasteiger partial charge in [-0.1, -0.05) is 13.3 Å². The molecular formula is C13H17N3O5. The largest absolute Gasteiger partial charge is 0.481 e. The van der Waals surface area contributed by atoms with E-state index in [0.717, 1.165) is 12.3 Å². The first-order valence-corrected chi connectivity index (χ1v) is 6.48. The van der Waals surface area contributed by atoms with E-state index in [-0.39, 0.29) is 17.8 Å². The summed E-state index contributed by atoms with van der Waals surface area (Å²) in [6.07, 6.45) is 2.20. The van der Waals surface area contributed by atoms with Crippen molar-refractivity contribution < 1.29 is 19.6 Å².